The molecule has 2 unspecified atom stereocenters. The molecule has 1 saturated heterocycles. The van der Waals surface area contributed by atoms with Gasteiger partial charge >= 0.3 is 35.5 Å². The maximum atomic E-state index is 11.8. The fourth-order valence-corrected chi connectivity index (χ4v) is 6.60. The zero-order valence-electron chi connectivity index (χ0n) is 15.9. The van der Waals surface area contributed by atoms with Crippen LogP contribution < -0.4 is 29.6 Å². The Kier molecular flexibility index (Phi) is 12.9. The number of unbranched alkanes of at least 4 members (excludes halogenated alkanes) is 8. The molecular weight excluding hydrogens is 391 g/mol. The van der Waals surface area contributed by atoms with Crippen LogP contribution in [0.4, 0.5) is 0 Å². The Bertz CT molecular complexity index is 617. The van der Waals surface area contributed by atoms with Crippen LogP contribution in [0.15, 0.2) is 0 Å². The molecule has 1 heterocycles. The third-order valence-electron chi connectivity index (χ3n) is 4.40. The van der Waals surface area contributed by atoms with Crippen LogP contribution in [-0.2, 0) is 29.5 Å². The number of sulfone groups is 1. The van der Waals surface area contributed by atoms with Gasteiger partial charge in [0, 0.05) is 6.42 Å². The van der Waals surface area contributed by atoms with Gasteiger partial charge in [-0.25, -0.2) is 8.42 Å². The van der Waals surface area contributed by atoms with E-state index in [1.165, 1.54) is 32.1 Å². The van der Waals surface area contributed by atoms with Gasteiger partial charge in [-0.3, -0.25) is 9.35 Å². The second kappa shape index (κ2) is 12.7. The molecule has 1 rings (SSSR count). The molecule has 148 valence electrons. The van der Waals surface area contributed by atoms with Crippen LogP contribution in [0.25, 0.3) is 0 Å². The molecule has 0 radical (unpaired) electrons. The minimum Gasteiger partial charge on any atom is -0.460 e. The van der Waals surface area contributed by atoms with Crippen molar-refractivity contribution in [1.29, 1.82) is 0 Å². The van der Waals surface area contributed by atoms with E-state index in [4.69, 9.17) is 9.29 Å². The quantitative estimate of drug-likeness (QED) is 0.196. The van der Waals surface area contributed by atoms with Crippen LogP contribution in [-0.4, -0.2) is 50.2 Å². The van der Waals surface area contributed by atoms with Crippen molar-refractivity contribution in [2.24, 2.45) is 0 Å². The molecule has 0 amide bonds. The molecule has 1 N–H and O–H groups in total. The Morgan fingerprint density at radius 3 is 2.00 bits per heavy atom. The average molecular weight is 422 g/mol. The fraction of sp³-hybridized carbons (Fsp3) is 0.938. The molecule has 1 aliphatic heterocycles. The van der Waals surface area contributed by atoms with E-state index in [2.05, 4.69) is 6.92 Å². The molecule has 26 heavy (non-hydrogen) atoms. The van der Waals surface area contributed by atoms with Crippen molar-refractivity contribution in [2.75, 3.05) is 11.5 Å². The first-order valence-electron chi connectivity index (χ1n) is 9.02. The maximum absolute atomic E-state index is 11.8. The second-order valence-electron chi connectivity index (χ2n) is 6.74. The number of carbonyl (C=O) groups is 1. The Morgan fingerprint density at radius 1 is 1.00 bits per heavy atom. The predicted octanol–water partition coefficient (Wildman–Crippen LogP) is -0.492. The van der Waals surface area contributed by atoms with E-state index < -0.39 is 48.8 Å². The third kappa shape index (κ3) is 10.6. The summed E-state index contributed by atoms with van der Waals surface area (Å²) < 4.78 is 59.7. The predicted molar refractivity (Wildman–Crippen MR) is 95.7 cm³/mol. The average Bonchev–Trinajstić information content (AvgIpc) is 2.80. The van der Waals surface area contributed by atoms with Gasteiger partial charge in [-0.2, -0.15) is 8.42 Å². The van der Waals surface area contributed by atoms with Gasteiger partial charge in [-0.15, -0.1) is 0 Å². The van der Waals surface area contributed by atoms with Gasteiger partial charge in [0.2, 0.25) is 0 Å². The van der Waals surface area contributed by atoms with Crippen LogP contribution in [0.3, 0.4) is 0 Å². The van der Waals surface area contributed by atoms with E-state index >= 15 is 0 Å². The largest absolute Gasteiger partial charge is 1.00 e. The zero-order valence-corrected chi connectivity index (χ0v) is 19.5. The van der Waals surface area contributed by atoms with Gasteiger partial charge in [0.1, 0.15) is 11.4 Å². The number of ether oxygens (including phenoxy) is 1. The van der Waals surface area contributed by atoms with Crippen molar-refractivity contribution < 1.29 is 60.5 Å². The summed E-state index contributed by atoms with van der Waals surface area (Å²) in [7, 11) is -8.20. The van der Waals surface area contributed by atoms with Gasteiger partial charge < -0.3 is 4.74 Å². The minimum atomic E-state index is -4.57. The minimum absolute atomic E-state index is 0. The van der Waals surface area contributed by atoms with Crippen molar-refractivity contribution >= 4 is 25.9 Å². The van der Waals surface area contributed by atoms with E-state index in [9.17, 15) is 21.6 Å². The van der Waals surface area contributed by atoms with E-state index in [1.54, 1.807) is 0 Å². The smallest absolute Gasteiger partial charge is 0.460 e. The topological polar surface area (TPSA) is 115 Å². The monoisotopic (exact) mass is 421 g/mol. The normalized spacial score (nSPS) is 21.9. The van der Waals surface area contributed by atoms with Crippen molar-refractivity contribution in [3.63, 3.8) is 0 Å². The van der Waals surface area contributed by atoms with Crippen LogP contribution in [0.1, 0.15) is 71.1 Å². The first kappa shape index (κ1) is 26.3. The summed E-state index contributed by atoms with van der Waals surface area (Å²) in [6, 6.07) is 0. The summed E-state index contributed by atoms with van der Waals surface area (Å²) in [6.07, 6.45) is 8.69. The molecule has 1 fully saturated rings. The second-order valence-corrected chi connectivity index (χ2v) is 10.5. The Labute approximate surface area is 179 Å². The number of hydrogen-bond donors (Lipinski definition) is 1. The molecular formula is C16H30NaO7S2+. The SMILES string of the molecule is CCCCCCCCCCCC(=O)OC1CS(=O)(=O)CC1S(=O)(=O)O.[Na+]. The first-order valence-corrected chi connectivity index (χ1v) is 12.3. The standard InChI is InChI=1S/C16H30O7S2.Na/c1-2-3-4-5-6-7-8-9-10-11-16(17)23-14-12-24(18,19)13-15(14)25(20,21)22;/h14-15H,2-13H2,1H3,(H,20,21,22);/q;+1. The third-order valence-corrected chi connectivity index (χ3v) is 7.55. The summed E-state index contributed by atoms with van der Waals surface area (Å²) in [5.41, 5.74) is 0. The van der Waals surface area contributed by atoms with Crippen LogP contribution in [0.2, 0.25) is 0 Å². The van der Waals surface area contributed by atoms with Crippen molar-refractivity contribution in [3.05, 3.63) is 0 Å². The van der Waals surface area contributed by atoms with Gasteiger partial charge in [-0.1, -0.05) is 58.3 Å². The molecule has 7 nitrogen and oxygen atoms in total. The van der Waals surface area contributed by atoms with Crippen molar-refractivity contribution in [3.8, 4) is 0 Å². The number of carbonyl (C=O) groups excluding carboxylic acids is 1. The van der Waals surface area contributed by atoms with Crippen LogP contribution in [0.5, 0.6) is 0 Å². The number of rotatable bonds is 12. The van der Waals surface area contributed by atoms with Gasteiger partial charge in [-0.05, 0) is 6.42 Å². The van der Waals surface area contributed by atoms with Crippen molar-refractivity contribution in [2.45, 2.75) is 82.5 Å². The number of esters is 1. The Hall–Kier alpha value is 0.330. The molecule has 0 spiro atoms. The summed E-state index contributed by atoms with van der Waals surface area (Å²) in [6.45, 7) is 2.18. The van der Waals surface area contributed by atoms with Gasteiger partial charge in [0.15, 0.2) is 9.84 Å². The maximum Gasteiger partial charge on any atom is 1.00 e. The summed E-state index contributed by atoms with van der Waals surface area (Å²) >= 11 is 0. The molecule has 0 aromatic heterocycles. The zero-order chi connectivity index (χ0) is 18.9. The van der Waals surface area contributed by atoms with Crippen LogP contribution >= 0.6 is 0 Å². The van der Waals surface area contributed by atoms with E-state index in [-0.39, 0.29) is 36.0 Å². The van der Waals surface area contributed by atoms with Gasteiger partial charge in [0.05, 0.1) is 11.5 Å². The molecule has 0 bridgehead atoms. The van der Waals surface area contributed by atoms with Crippen molar-refractivity contribution in [1.82, 2.24) is 0 Å². The summed E-state index contributed by atoms with van der Waals surface area (Å²) in [5, 5.41) is -1.58. The Balaban J connectivity index is 0.00000625. The van der Waals surface area contributed by atoms with E-state index in [0.29, 0.717) is 6.42 Å². The van der Waals surface area contributed by atoms with Crippen LogP contribution in [0, 0.1) is 0 Å². The van der Waals surface area contributed by atoms with Gasteiger partial charge in [0.25, 0.3) is 10.1 Å². The first-order chi connectivity index (χ1) is 11.7. The Morgan fingerprint density at radius 2 is 1.50 bits per heavy atom. The molecule has 0 aliphatic carbocycles. The molecule has 0 saturated carbocycles. The molecule has 1 aliphatic rings. The van der Waals surface area contributed by atoms with E-state index in [0.717, 1.165) is 19.3 Å². The fourth-order valence-electron chi connectivity index (χ4n) is 2.98. The summed E-state index contributed by atoms with van der Waals surface area (Å²) in [4.78, 5) is 11.8. The molecule has 0 aromatic carbocycles. The molecule has 2 atom stereocenters. The molecule has 0 aromatic rings. The molecule has 10 heteroatoms. The summed E-state index contributed by atoms with van der Waals surface area (Å²) in [5.74, 6) is -1.87. The van der Waals surface area contributed by atoms with E-state index in [1.807, 2.05) is 0 Å². The number of hydrogen-bond acceptors (Lipinski definition) is 6.